The summed E-state index contributed by atoms with van der Waals surface area (Å²) in [7, 11) is 0. The molecular weight excluding hydrogens is 464 g/mol. The maximum absolute atomic E-state index is 5.92. The van der Waals surface area contributed by atoms with Crippen LogP contribution in [0.5, 0.6) is 5.75 Å². The molecule has 36 heavy (non-hydrogen) atoms. The van der Waals surface area contributed by atoms with Gasteiger partial charge < -0.3 is 19.5 Å². The molecule has 5 nitrogen and oxygen atoms in total. The van der Waals surface area contributed by atoms with E-state index in [0.717, 1.165) is 23.7 Å². The average molecular weight is 497 g/mol. The van der Waals surface area contributed by atoms with E-state index < -0.39 is 0 Å². The van der Waals surface area contributed by atoms with Gasteiger partial charge in [0, 0.05) is 29.8 Å². The van der Waals surface area contributed by atoms with Gasteiger partial charge in [-0.15, -0.1) is 0 Å². The van der Waals surface area contributed by atoms with Crippen LogP contribution in [0.2, 0.25) is 0 Å². The van der Waals surface area contributed by atoms with Gasteiger partial charge in [0.15, 0.2) is 5.11 Å². The number of ether oxygens (including phenoxy) is 1. The van der Waals surface area contributed by atoms with Crippen LogP contribution in [-0.4, -0.2) is 20.8 Å². The fraction of sp³-hybridized carbons (Fsp3) is 0.267. The maximum Gasteiger partial charge on any atom is 0.174 e. The third kappa shape index (κ3) is 4.73. The van der Waals surface area contributed by atoms with Crippen LogP contribution in [0, 0.1) is 13.8 Å². The molecule has 0 saturated carbocycles. The van der Waals surface area contributed by atoms with Gasteiger partial charge in [-0.25, -0.2) is 0 Å². The summed E-state index contributed by atoms with van der Waals surface area (Å²) in [6.07, 6.45) is 1.97. The molecule has 0 spiro atoms. The van der Waals surface area contributed by atoms with Crippen LogP contribution in [0.1, 0.15) is 54.1 Å². The van der Waals surface area contributed by atoms with E-state index in [-0.39, 0.29) is 18.2 Å². The van der Waals surface area contributed by atoms with Crippen molar-refractivity contribution in [2.24, 2.45) is 0 Å². The van der Waals surface area contributed by atoms with Crippen molar-refractivity contribution >= 4 is 23.0 Å². The van der Waals surface area contributed by atoms with Gasteiger partial charge in [0.25, 0.3) is 0 Å². The van der Waals surface area contributed by atoms with E-state index in [9.17, 15) is 0 Å². The summed E-state index contributed by atoms with van der Waals surface area (Å²) in [5, 5.41) is 4.27. The van der Waals surface area contributed by atoms with Gasteiger partial charge in [-0.2, -0.15) is 0 Å². The van der Waals surface area contributed by atoms with E-state index in [1.54, 1.807) is 0 Å². The Kier molecular flexibility index (Phi) is 6.79. The molecule has 0 bridgehead atoms. The SMILES string of the molecule is Cc1cc([C@@H]2[C@H](c3ccccn3)NC(=S)N2c2ccc(OC(C)C)cc2)c(C)n1Cc1ccccc1. The second-order valence-electron chi connectivity index (χ2n) is 9.56. The molecule has 1 fully saturated rings. The Bertz CT molecular complexity index is 1330. The summed E-state index contributed by atoms with van der Waals surface area (Å²) in [6, 6.07) is 27.0. The van der Waals surface area contributed by atoms with Gasteiger partial charge in [-0.3, -0.25) is 4.98 Å². The Balaban J connectivity index is 1.57. The molecule has 1 saturated heterocycles. The number of pyridine rings is 1. The minimum absolute atomic E-state index is 0.0417. The lowest BCUT2D eigenvalue weighted by atomic mass is 9.96. The first-order valence-corrected chi connectivity index (χ1v) is 12.8. The summed E-state index contributed by atoms with van der Waals surface area (Å²) < 4.78 is 8.26. The van der Waals surface area contributed by atoms with Crippen LogP contribution in [-0.2, 0) is 6.54 Å². The summed E-state index contributed by atoms with van der Waals surface area (Å²) >= 11 is 5.92. The number of anilines is 1. The lowest BCUT2D eigenvalue weighted by Gasteiger charge is -2.28. The molecule has 4 aromatic rings. The predicted octanol–water partition coefficient (Wildman–Crippen LogP) is 6.51. The normalized spacial score (nSPS) is 17.5. The molecule has 0 aliphatic carbocycles. The highest BCUT2D eigenvalue weighted by molar-refractivity contribution is 7.80. The summed E-state index contributed by atoms with van der Waals surface area (Å²) in [5.41, 5.74) is 6.99. The van der Waals surface area contributed by atoms with Crippen LogP contribution in [0.25, 0.3) is 0 Å². The van der Waals surface area contributed by atoms with Gasteiger partial charge in [-0.1, -0.05) is 36.4 Å². The molecule has 0 amide bonds. The van der Waals surface area contributed by atoms with E-state index in [2.05, 4.69) is 83.2 Å². The minimum atomic E-state index is -0.0732. The van der Waals surface area contributed by atoms with Crippen molar-refractivity contribution in [1.29, 1.82) is 0 Å². The van der Waals surface area contributed by atoms with E-state index in [0.29, 0.717) is 5.11 Å². The number of rotatable bonds is 7. The first-order valence-electron chi connectivity index (χ1n) is 12.4. The molecule has 1 aliphatic rings. The van der Waals surface area contributed by atoms with Gasteiger partial charge >= 0.3 is 0 Å². The Morgan fingerprint density at radius 2 is 1.69 bits per heavy atom. The lowest BCUT2D eigenvalue weighted by Crippen LogP contribution is -2.29. The van der Waals surface area contributed by atoms with Crippen LogP contribution >= 0.6 is 12.2 Å². The van der Waals surface area contributed by atoms with Crippen LogP contribution in [0.3, 0.4) is 0 Å². The highest BCUT2D eigenvalue weighted by Crippen LogP contribution is 2.43. The molecular formula is C30H32N4OS. The number of hydrogen-bond donors (Lipinski definition) is 1. The molecule has 184 valence electrons. The Morgan fingerprint density at radius 1 is 0.972 bits per heavy atom. The zero-order valence-corrected chi connectivity index (χ0v) is 22.0. The van der Waals surface area contributed by atoms with E-state index >= 15 is 0 Å². The molecule has 2 aromatic heterocycles. The van der Waals surface area contributed by atoms with Crippen molar-refractivity contribution in [3.05, 3.63) is 113 Å². The average Bonchev–Trinajstić information content (AvgIpc) is 3.36. The maximum atomic E-state index is 5.92. The number of aryl methyl sites for hydroxylation is 1. The monoisotopic (exact) mass is 496 g/mol. The van der Waals surface area contributed by atoms with Crippen molar-refractivity contribution in [3.8, 4) is 5.75 Å². The number of aromatic nitrogens is 2. The van der Waals surface area contributed by atoms with Gasteiger partial charge in [0.05, 0.1) is 23.9 Å². The van der Waals surface area contributed by atoms with E-state index in [4.69, 9.17) is 21.9 Å². The largest absolute Gasteiger partial charge is 0.491 e. The topological polar surface area (TPSA) is 42.3 Å². The molecule has 1 N–H and O–H groups in total. The first-order chi connectivity index (χ1) is 17.4. The Morgan fingerprint density at radius 3 is 2.36 bits per heavy atom. The van der Waals surface area contributed by atoms with Crippen molar-refractivity contribution in [1.82, 2.24) is 14.9 Å². The number of nitrogens with zero attached hydrogens (tertiary/aromatic N) is 3. The number of hydrogen-bond acceptors (Lipinski definition) is 3. The second kappa shape index (κ2) is 10.2. The smallest absolute Gasteiger partial charge is 0.174 e. The number of thiocarbonyl (C=S) groups is 1. The van der Waals surface area contributed by atoms with Crippen molar-refractivity contribution in [2.45, 2.75) is 52.4 Å². The summed E-state index contributed by atoms with van der Waals surface area (Å²) in [4.78, 5) is 6.92. The van der Waals surface area contributed by atoms with Gasteiger partial charge in [0.1, 0.15) is 5.75 Å². The van der Waals surface area contributed by atoms with Crippen molar-refractivity contribution < 1.29 is 4.74 Å². The zero-order chi connectivity index (χ0) is 25.2. The zero-order valence-electron chi connectivity index (χ0n) is 21.2. The summed E-state index contributed by atoms with van der Waals surface area (Å²) in [5.74, 6) is 0.852. The minimum Gasteiger partial charge on any atom is -0.491 e. The Hall–Kier alpha value is -3.64. The summed E-state index contributed by atoms with van der Waals surface area (Å²) in [6.45, 7) is 9.29. The fourth-order valence-electron chi connectivity index (χ4n) is 5.04. The van der Waals surface area contributed by atoms with Crippen LogP contribution < -0.4 is 15.0 Å². The third-order valence-corrected chi connectivity index (χ3v) is 7.01. The Labute approximate surface area is 218 Å². The molecule has 6 heteroatoms. The number of benzene rings is 2. The van der Waals surface area contributed by atoms with Crippen molar-refractivity contribution in [3.63, 3.8) is 0 Å². The van der Waals surface area contributed by atoms with Gasteiger partial charge in [-0.05, 0) is 93.5 Å². The molecule has 2 aromatic carbocycles. The van der Waals surface area contributed by atoms with Crippen molar-refractivity contribution in [2.75, 3.05) is 4.90 Å². The second-order valence-corrected chi connectivity index (χ2v) is 9.94. The third-order valence-electron chi connectivity index (χ3n) is 6.70. The quantitative estimate of drug-likeness (QED) is 0.295. The van der Waals surface area contributed by atoms with Crippen LogP contribution in [0.4, 0.5) is 5.69 Å². The predicted molar refractivity (Wildman–Crippen MR) is 150 cm³/mol. The lowest BCUT2D eigenvalue weighted by molar-refractivity contribution is 0.242. The molecule has 2 atom stereocenters. The van der Waals surface area contributed by atoms with Crippen LogP contribution in [0.15, 0.2) is 85.1 Å². The fourth-order valence-corrected chi connectivity index (χ4v) is 5.39. The molecule has 1 aliphatic heterocycles. The number of nitrogens with one attached hydrogen (secondary N) is 1. The highest BCUT2D eigenvalue weighted by Gasteiger charge is 2.42. The molecule has 0 radical (unpaired) electrons. The standard InChI is InChI=1S/C30H32N4OS/c1-20(2)35-25-15-13-24(14-16-25)34-29(28(32-30(34)36)27-12-8-9-17-31-27)26-18-21(3)33(22(26)4)19-23-10-6-5-7-11-23/h5-18,20,28-29H,19H2,1-4H3,(H,32,36)/t28-,29+/m0/s1. The van der Waals surface area contributed by atoms with Gasteiger partial charge in [0.2, 0.25) is 0 Å². The highest BCUT2D eigenvalue weighted by atomic mass is 32.1. The molecule has 5 rings (SSSR count). The molecule has 3 heterocycles. The first kappa shape index (κ1) is 24.1. The molecule has 0 unspecified atom stereocenters. The van der Waals surface area contributed by atoms with E-state index in [1.165, 1.54) is 22.5 Å². The van der Waals surface area contributed by atoms with E-state index in [1.807, 2.05) is 44.3 Å².